The summed E-state index contributed by atoms with van der Waals surface area (Å²) in [4.78, 5) is 0. The number of halogens is 3. The van der Waals surface area contributed by atoms with E-state index in [1.165, 1.54) is 0 Å². The van der Waals surface area contributed by atoms with Gasteiger partial charge in [0.15, 0.2) is 5.75 Å². The fourth-order valence-corrected chi connectivity index (χ4v) is 2.97. The lowest BCUT2D eigenvalue weighted by Crippen LogP contribution is -2.03. The predicted octanol–water partition coefficient (Wildman–Crippen LogP) is 5.47. The molecule has 2 aromatic rings. The highest BCUT2D eigenvalue weighted by molar-refractivity contribution is 9.10. The first kappa shape index (κ1) is 16.3. The van der Waals surface area contributed by atoms with Crippen molar-refractivity contribution >= 4 is 44.8 Å². The lowest BCUT2D eigenvalue weighted by atomic mass is 10.2. The normalized spacial score (nSPS) is 10.5. The van der Waals surface area contributed by atoms with Gasteiger partial charge < -0.3 is 15.2 Å². The SMILES string of the molecule is CCOc1c(Br)cc(Cl)cc1NCc1ccc(O)c(Cl)c1. The number of hydrogen-bond donors (Lipinski definition) is 2. The lowest BCUT2D eigenvalue weighted by molar-refractivity contribution is 0.339. The van der Waals surface area contributed by atoms with Crippen LogP contribution in [0.5, 0.6) is 11.5 Å². The summed E-state index contributed by atoms with van der Waals surface area (Å²) >= 11 is 15.4. The lowest BCUT2D eigenvalue weighted by Gasteiger charge is -2.15. The minimum atomic E-state index is 0.0703. The fraction of sp³-hybridized carbons (Fsp3) is 0.200. The van der Waals surface area contributed by atoms with Crippen LogP contribution in [0.1, 0.15) is 12.5 Å². The summed E-state index contributed by atoms with van der Waals surface area (Å²) in [5, 5.41) is 13.6. The van der Waals surface area contributed by atoms with Crippen LogP contribution in [0, 0.1) is 0 Å². The number of ether oxygens (including phenoxy) is 1. The Morgan fingerprint density at radius 1 is 1.24 bits per heavy atom. The molecule has 112 valence electrons. The monoisotopic (exact) mass is 389 g/mol. The average Bonchev–Trinajstić information content (AvgIpc) is 2.43. The third-order valence-corrected chi connectivity index (χ3v) is 3.90. The molecule has 3 nitrogen and oxygen atoms in total. The second-order valence-corrected chi connectivity index (χ2v) is 6.03. The maximum absolute atomic E-state index is 9.42. The first-order chi connectivity index (χ1) is 10.0. The van der Waals surface area contributed by atoms with Crippen molar-refractivity contribution in [3.8, 4) is 11.5 Å². The van der Waals surface area contributed by atoms with E-state index < -0.39 is 0 Å². The molecule has 0 amide bonds. The topological polar surface area (TPSA) is 41.5 Å². The highest BCUT2D eigenvalue weighted by Crippen LogP contribution is 2.37. The van der Waals surface area contributed by atoms with Crippen molar-refractivity contribution in [3.63, 3.8) is 0 Å². The van der Waals surface area contributed by atoms with Gasteiger partial charge in [-0.3, -0.25) is 0 Å². The van der Waals surface area contributed by atoms with Gasteiger partial charge in [0, 0.05) is 11.6 Å². The fourth-order valence-electron chi connectivity index (χ4n) is 1.84. The van der Waals surface area contributed by atoms with Crippen molar-refractivity contribution in [1.29, 1.82) is 0 Å². The molecule has 0 heterocycles. The largest absolute Gasteiger partial charge is 0.506 e. The Labute approximate surface area is 142 Å². The molecule has 0 saturated carbocycles. The minimum absolute atomic E-state index is 0.0703. The Balaban J connectivity index is 2.20. The Morgan fingerprint density at radius 2 is 2.00 bits per heavy atom. The maximum Gasteiger partial charge on any atom is 0.156 e. The molecule has 0 aromatic heterocycles. The second-order valence-electron chi connectivity index (χ2n) is 4.34. The predicted molar refractivity (Wildman–Crippen MR) is 90.8 cm³/mol. The zero-order valence-corrected chi connectivity index (χ0v) is 14.4. The van der Waals surface area contributed by atoms with E-state index in [9.17, 15) is 5.11 Å². The maximum atomic E-state index is 9.42. The number of phenols is 1. The standard InChI is InChI=1S/C15H14BrCl2NO2/c1-2-21-15-11(16)6-10(17)7-13(15)19-8-9-3-4-14(20)12(18)5-9/h3-7,19-20H,2,8H2,1H3. The summed E-state index contributed by atoms with van der Waals surface area (Å²) in [5.74, 6) is 0.785. The molecule has 0 aliphatic rings. The van der Waals surface area contributed by atoms with Gasteiger partial charge in [-0.15, -0.1) is 0 Å². The van der Waals surface area contributed by atoms with Crippen LogP contribution in [0.4, 0.5) is 5.69 Å². The van der Waals surface area contributed by atoms with Crippen LogP contribution >= 0.6 is 39.1 Å². The van der Waals surface area contributed by atoms with E-state index in [1.807, 2.05) is 6.92 Å². The molecular formula is C15H14BrCl2NO2. The molecule has 0 aliphatic heterocycles. The Morgan fingerprint density at radius 3 is 2.67 bits per heavy atom. The smallest absolute Gasteiger partial charge is 0.156 e. The van der Waals surface area contributed by atoms with E-state index in [0.29, 0.717) is 28.9 Å². The molecule has 2 rings (SSSR count). The molecule has 0 aliphatic carbocycles. The molecule has 21 heavy (non-hydrogen) atoms. The number of anilines is 1. The van der Waals surface area contributed by atoms with Crippen molar-refractivity contribution in [2.45, 2.75) is 13.5 Å². The van der Waals surface area contributed by atoms with Crippen molar-refractivity contribution in [2.75, 3.05) is 11.9 Å². The van der Waals surface area contributed by atoms with E-state index in [0.717, 1.165) is 15.7 Å². The summed E-state index contributed by atoms with van der Waals surface area (Å²) < 4.78 is 6.41. The van der Waals surface area contributed by atoms with Gasteiger partial charge in [0.05, 0.1) is 21.8 Å². The number of hydrogen-bond acceptors (Lipinski definition) is 3. The number of phenolic OH excluding ortho intramolecular Hbond substituents is 1. The molecule has 2 N–H and O–H groups in total. The number of benzene rings is 2. The van der Waals surface area contributed by atoms with E-state index in [2.05, 4.69) is 21.2 Å². The van der Waals surface area contributed by atoms with Crippen molar-refractivity contribution in [2.24, 2.45) is 0 Å². The number of aromatic hydroxyl groups is 1. The first-order valence-corrected chi connectivity index (χ1v) is 7.89. The third-order valence-electron chi connectivity index (χ3n) is 2.79. The van der Waals surface area contributed by atoms with Gasteiger partial charge in [-0.25, -0.2) is 0 Å². The van der Waals surface area contributed by atoms with Gasteiger partial charge in [-0.1, -0.05) is 29.3 Å². The van der Waals surface area contributed by atoms with Gasteiger partial charge in [0.2, 0.25) is 0 Å². The summed E-state index contributed by atoms with van der Waals surface area (Å²) in [7, 11) is 0. The van der Waals surface area contributed by atoms with E-state index in [4.69, 9.17) is 27.9 Å². The zero-order valence-electron chi connectivity index (χ0n) is 11.3. The quantitative estimate of drug-likeness (QED) is 0.710. The molecular weight excluding hydrogens is 377 g/mol. The van der Waals surface area contributed by atoms with E-state index >= 15 is 0 Å². The minimum Gasteiger partial charge on any atom is -0.506 e. The second kappa shape index (κ2) is 7.25. The first-order valence-electron chi connectivity index (χ1n) is 6.34. The van der Waals surface area contributed by atoms with Gasteiger partial charge in [0.25, 0.3) is 0 Å². The highest BCUT2D eigenvalue weighted by Gasteiger charge is 2.10. The van der Waals surface area contributed by atoms with Gasteiger partial charge in [0.1, 0.15) is 5.75 Å². The van der Waals surface area contributed by atoms with Crippen LogP contribution in [0.3, 0.4) is 0 Å². The molecule has 0 unspecified atom stereocenters. The Kier molecular flexibility index (Phi) is 5.62. The summed E-state index contributed by atoms with van der Waals surface area (Å²) in [6, 6.07) is 8.67. The summed E-state index contributed by atoms with van der Waals surface area (Å²) in [6.45, 7) is 3.01. The van der Waals surface area contributed by atoms with Crippen LogP contribution in [0.2, 0.25) is 10.0 Å². The zero-order chi connectivity index (χ0) is 15.4. The average molecular weight is 391 g/mol. The van der Waals surface area contributed by atoms with Crippen LogP contribution in [0.25, 0.3) is 0 Å². The molecule has 2 aromatic carbocycles. The third kappa shape index (κ3) is 4.19. The molecule has 0 atom stereocenters. The van der Waals surface area contributed by atoms with Crippen molar-refractivity contribution in [3.05, 3.63) is 50.4 Å². The van der Waals surface area contributed by atoms with Gasteiger partial charge in [-0.05, 0) is 52.7 Å². The number of nitrogens with one attached hydrogen (secondary N) is 1. The molecule has 0 bridgehead atoms. The Hall–Kier alpha value is -1.10. The number of rotatable bonds is 5. The van der Waals surface area contributed by atoms with E-state index in [-0.39, 0.29) is 5.75 Å². The van der Waals surface area contributed by atoms with Crippen LogP contribution in [-0.4, -0.2) is 11.7 Å². The molecule has 0 spiro atoms. The van der Waals surface area contributed by atoms with Crippen molar-refractivity contribution < 1.29 is 9.84 Å². The highest BCUT2D eigenvalue weighted by atomic mass is 79.9. The summed E-state index contributed by atoms with van der Waals surface area (Å²) in [6.07, 6.45) is 0. The van der Waals surface area contributed by atoms with Gasteiger partial charge in [-0.2, -0.15) is 0 Å². The van der Waals surface area contributed by atoms with Crippen LogP contribution < -0.4 is 10.1 Å². The van der Waals surface area contributed by atoms with Crippen LogP contribution in [-0.2, 0) is 6.54 Å². The Bertz CT molecular complexity index is 650. The molecule has 0 radical (unpaired) electrons. The van der Waals surface area contributed by atoms with Crippen molar-refractivity contribution in [1.82, 2.24) is 0 Å². The van der Waals surface area contributed by atoms with Crippen LogP contribution in [0.15, 0.2) is 34.8 Å². The molecule has 6 heteroatoms. The van der Waals surface area contributed by atoms with E-state index in [1.54, 1.807) is 30.3 Å². The van der Waals surface area contributed by atoms with Gasteiger partial charge >= 0.3 is 0 Å². The summed E-state index contributed by atoms with van der Waals surface area (Å²) in [5.41, 5.74) is 1.73. The molecule has 0 fully saturated rings. The molecule has 0 saturated heterocycles.